The molecule has 3 heterocycles. The van der Waals surface area contributed by atoms with E-state index in [4.69, 9.17) is 16.3 Å². The molecule has 0 saturated carbocycles. The third-order valence-electron chi connectivity index (χ3n) is 4.28. The smallest absolute Gasteiger partial charge is 0.407 e. The number of hydrogen-bond donors (Lipinski definition) is 2. The summed E-state index contributed by atoms with van der Waals surface area (Å²) in [6.07, 6.45) is 2.01. The van der Waals surface area contributed by atoms with Crippen LogP contribution in [0.1, 0.15) is 45.3 Å². The fraction of sp³-hybridized carbons (Fsp3) is 0.556. The van der Waals surface area contributed by atoms with Crippen LogP contribution in [0, 0.1) is 0 Å². The van der Waals surface area contributed by atoms with Crippen LogP contribution in [0.15, 0.2) is 17.1 Å². The van der Waals surface area contributed by atoms with Crippen molar-refractivity contribution in [3.63, 3.8) is 0 Å². The molecule has 0 radical (unpaired) electrons. The monoisotopic (exact) mass is 393 g/mol. The molecule has 3 rings (SSSR count). The Labute approximate surface area is 163 Å². The van der Waals surface area contributed by atoms with Gasteiger partial charge in [0, 0.05) is 24.7 Å². The fourth-order valence-corrected chi connectivity index (χ4v) is 3.28. The SMILES string of the molecule is CC(C)(C)OC(=O)NC1CCN(c2cc(C3N=CC(=O)N3)cc(Cl)n2)CC1. The minimum Gasteiger partial charge on any atom is -0.444 e. The Morgan fingerprint density at radius 2 is 2.04 bits per heavy atom. The number of carbonyl (C=O) groups is 2. The molecule has 1 aromatic heterocycles. The van der Waals surface area contributed by atoms with Gasteiger partial charge in [-0.2, -0.15) is 0 Å². The van der Waals surface area contributed by atoms with Crippen LogP contribution in [-0.2, 0) is 9.53 Å². The van der Waals surface area contributed by atoms with Crippen LogP contribution in [0.2, 0.25) is 5.15 Å². The van der Waals surface area contributed by atoms with Crippen LogP contribution in [0.5, 0.6) is 0 Å². The fourth-order valence-electron chi connectivity index (χ4n) is 3.07. The van der Waals surface area contributed by atoms with Crippen molar-refractivity contribution in [2.24, 2.45) is 4.99 Å². The molecule has 2 amide bonds. The zero-order valence-electron chi connectivity index (χ0n) is 15.7. The molecule has 1 unspecified atom stereocenters. The summed E-state index contributed by atoms with van der Waals surface area (Å²) in [6, 6.07) is 3.66. The van der Waals surface area contributed by atoms with Gasteiger partial charge in [-0.3, -0.25) is 9.79 Å². The highest BCUT2D eigenvalue weighted by molar-refractivity contribution is 6.29. The lowest BCUT2D eigenvalue weighted by atomic mass is 10.0. The van der Waals surface area contributed by atoms with Crippen molar-refractivity contribution in [3.05, 3.63) is 22.8 Å². The number of amides is 2. The number of aliphatic imine (C=N–C) groups is 1. The second-order valence-corrected chi connectivity index (χ2v) is 8.07. The summed E-state index contributed by atoms with van der Waals surface area (Å²) in [5.74, 6) is 0.521. The average molecular weight is 394 g/mol. The molecule has 0 spiro atoms. The average Bonchev–Trinajstić information content (AvgIpc) is 3.00. The Kier molecular flexibility index (Phi) is 5.55. The van der Waals surface area contributed by atoms with Crippen molar-refractivity contribution >= 4 is 35.6 Å². The molecular formula is C18H24ClN5O3. The number of carbonyl (C=O) groups excluding carboxylic acids is 2. The maximum absolute atomic E-state index is 11.9. The van der Waals surface area contributed by atoms with E-state index in [2.05, 4.69) is 25.5 Å². The highest BCUT2D eigenvalue weighted by atomic mass is 35.5. The molecule has 2 N–H and O–H groups in total. The van der Waals surface area contributed by atoms with Crippen LogP contribution < -0.4 is 15.5 Å². The standard InChI is InChI=1S/C18H24ClN5O3/c1-18(2,3)27-17(26)21-12-4-6-24(7-5-12)14-9-11(8-13(19)22-14)16-20-10-15(25)23-16/h8-10,12,16H,4-7H2,1-3H3,(H,21,26)(H,23,25). The summed E-state index contributed by atoms with van der Waals surface area (Å²) in [5.41, 5.74) is 0.283. The van der Waals surface area contributed by atoms with E-state index in [0.717, 1.165) is 37.3 Å². The van der Waals surface area contributed by atoms with Crippen LogP contribution in [-0.4, -0.2) is 47.9 Å². The third kappa shape index (κ3) is 5.32. The van der Waals surface area contributed by atoms with Crippen LogP contribution in [0.25, 0.3) is 0 Å². The molecule has 2 aliphatic heterocycles. The minimum atomic E-state index is -0.510. The quantitative estimate of drug-likeness (QED) is 0.769. The molecule has 0 bridgehead atoms. The van der Waals surface area contributed by atoms with Gasteiger partial charge in [0.25, 0.3) is 5.91 Å². The van der Waals surface area contributed by atoms with Gasteiger partial charge in [-0.1, -0.05) is 11.6 Å². The predicted molar refractivity (Wildman–Crippen MR) is 103 cm³/mol. The van der Waals surface area contributed by atoms with Crippen molar-refractivity contribution in [3.8, 4) is 0 Å². The van der Waals surface area contributed by atoms with E-state index < -0.39 is 11.8 Å². The normalized spacial score (nSPS) is 20.5. The first kappa shape index (κ1) is 19.4. The molecular weight excluding hydrogens is 370 g/mol. The lowest BCUT2D eigenvalue weighted by Crippen LogP contribution is -2.46. The van der Waals surface area contributed by atoms with Gasteiger partial charge in [0.1, 0.15) is 22.7 Å². The molecule has 1 fully saturated rings. The van der Waals surface area contributed by atoms with Gasteiger partial charge < -0.3 is 20.3 Å². The first-order chi connectivity index (χ1) is 12.7. The molecule has 9 heteroatoms. The van der Waals surface area contributed by atoms with Gasteiger partial charge >= 0.3 is 6.09 Å². The Morgan fingerprint density at radius 1 is 1.33 bits per heavy atom. The molecule has 1 saturated heterocycles. The third-order valence-corrected chi connectivity index (χ3v) is 4.47. The molecule has 2 aliphatic rings. The van der Waals surface area contributed by atoms with Gasteiger partial charge in [-0.25, -0.2) is 9.78 Å². The van der Waals surface area contributed by atoms with E-state index in [-0.39, 0.29) is 18.0 Å². The van der Waals surface area contributed by atoms with Crippen molar-refractivity contribution in [2.45, 2.75) is 51.4 Å². The number of alkyl carbamates (subject to hydrolysis) is 1. The Balaban J connectivity index is 1.59. The molecule has 0 aromatic carbocycles. The maximum Gasteiger partial charge on any atom is 0.407 e. The summed E-state index contributed by atoms with van der Waals surface area (Å²) < 4.78 is 5.31. The van der Waals surface area contributed by atoms with Crippen LogP contribution >= 0.6 is 11.6 Å². The molecule has 27 heavy (non-hydrogen) atoms. The van der Waals surface area contributed by atoms with E-state index in [1.165, 1.54) is 6.21 Å². The molecule has 8 nitrogen and oxygen atoms in total. The van der Waals surface area contributed by atoms with E-state index in [1.807, 2.05) is 26.8 Å². The van der Waals surface area contributed by atoms with Gasteiger partial charge in [-0.15, -0.1) is 0 Å². The molecule has 0 aliphatic carbocycles. The summed E-state index contributed by atoms with van der Waals surface area (Å²) in [6.45, 7) is 6.98. The number of pyridine rings is 1. The predicted octanol–water partition coefficient (Wildman–Crippen LogP) is 2.43. The first-order valence-corrected chi connectivity index (χ1v) is 9.33. The number of piperidine rings is 1. The van der Waals surface area contributed by atoms with Crippen molar-refractivity contribution in [2.75, 3.05) is 18.0 Å². The largest absolute Gasteiger partial charge is 0.444 e. The number of aromatic nitrogens is 1. The topological polar surface area (TPSA) is 95.9 Å². The minimum absolute atomic E-state index is 0.0634. The lowest BCUT2D eigenvalue weighted by molar-refractivity contribution is -0.114. The van der Waals surface area contributed by atoms with E-state index in [1.54, 1.807) is 6.07 Å². The van der Waals surface area contributed by atoms with Gasteiger partial charge in [-0.05, 0) is 45.7 Å². The highest BCUT2D eigenvalue weighted by Gasteiger charge is 2.25. The van der Waals surface area contributed by atoms with E-state index in [0.29, 0.717) is 5.15 Å². The van der Waals surface area contributed by atoms with Gasteiger partial charge in [0.2, 0.25) is 0 Å². The summed E-state index contributed by atoms with van der Waals surface area (Å²) in [5, 5.41) is 6.02. The molecule has 1 aromatic rings. The summed E-state index contributed by atoms with van der Waals surface area (Å²) >= 11 is 6.17. The molecule has 1 atom stereocenters. The zero-order valence-corrected chi connectivity index (χ0v) is 16.4. The van der Waals surface area contributed by atoms with Crippen molar-refractivity contribution < 1.29 is 14.3 Å². The summed E-state index contributed by atoms with van der Waals surface area (Å²) in [4.78, 5) is 33.9. The number of rotatable bonds is 3. The Morgan fingerprint density at radius 3 is 2.63 bits per heavy atom. The number of anilines is 1. The maximum atomic E-state index is 11.9. The number of halogens is 1. The van der Waals surface area contributed by atoms with Crippen molar-refractivity contribution in [1.29, 1.82) is 0 Å². The van der Waals surface area contributed by atoms with E-state index in [9.17, 15) is 9.59 Å². The van der Waals surface area contributed by atoms with E-state index >= 15 is 0 Å². The second kappa shape index (κ2) is 7.72. The Bertz CT molecular complexity index is 754. The highest BCUT2D eigenvalue weighted by Crippen LogP contribution is 2.26. The van der Waals surface area contributed by atoms with Crippen LogP contribution in [0.3, 0.4) is 0 Å². The number of ether oxygens (including phenoxy) is 1. The number of nitrogens with one attached hydrogen (secondary N) is 2. The van der Waals surface area contributed by atoms with Gasteiger partial charge in [0.05, 0.1) is 6.21 Å². The zero-order chi connectivity index (χ0) is 19.6. The summed E-state index contributed by atoms with van der Waals surface area (Å²) in [7, 11) is 0. The molecule has 146 valence electrons. The van der Waals surface area contributed by atoms with Crippen molar-refractivity contribution in [1.82, 2.24) is 15.6 Å². The Hall–Kier alpha value is -2.35. The number of hydrogen-bond acceptors (Lipinski definition) is 6. The second-order valence-electron chi connectivity index (χ2n) is 7.68. The van der Waals surface area contributed by atoms with Crippen LogP contribution in [0.4, 0.5) is 10.6 Å². The number of nitrogens with zero attached hydrogens (tertiary/aromatic N) is 3. The lowest BCUT2D eigenvalue weighted by Gasteiger charge is -2.33. The first-order valence-electron chi connectivity index (χ1n) is 8.95. The van der Waals surface area contributed by atoms with Gasteiger partial charge in [0.15, 0.2) is 0 Å².